The average Bonchev–Trinajstić information content (AvgIpc) is 3.37. The van der Waals surface area contributed by atoms with E-state index >= 15 is 0 Å². The molecule has 2 aliphatic rings. The van der Waals surface area contributed by atoms with E-state index < -0.39 is 0 Å². The Morgan fingerprint density at radius 3 is 2.77 bits per heavy atom. The van der Waals surface area contributed by atoms with Crippen LogP contribution in [0, 0.1) is 5.92 Å². The fraction of sp³-hybridized carbons (Fsp3) is 0.241. The van der Waals surface area contributed by atoms with Crippen LogP contribution < -0.4 is 5.73 Å². The van der Waals surface area contributed by atoms with Crippen LogP contribution in [0.2, 0.25) is 0 Å². The molecule has 2 N–H and O–H groups in total. The van der Waals surface area contributed by atoms with Gasteiger partial charge < -0.3 is 10.3 Å². The molecule has 1 fully saturated rings. The third kappa shape index (κ3) is 3.70. The van der Waals surface area contributed by atoms with E-state index in [1.807, 2.05) is 42.9 Å². The van der Waals surface area contributed by atoms with E-state index in [1.165, 1.54) is 24.0 Å². The van der Waals surface area contributed by atoms with Gasteiger partial charge in [0.2, 0.25) is 0 Å². The largest absolute Gasteiger partial charge is 0.383 e. The van der Waals surface area contributed by atoms with Crippen LogP contribution in [0.25, 0.3) is 34.1 Å². The van der Waals surface area contributed by atoms with Gasteiger partial charge in [-0.3, -0.25) is 4.57 Å². The van der Waals surface area contributed by atoms with E-state index in [4.69, 9.17) is 15.7 Å². The van der Waals surface area contributed by atoms with Crippen molar-refractivity contribution < 1.29 is 0 Å². The predicted molar refractivity (Wildman–Crippen MR) is 147 cm³/mol. The van der Waals surface area contributed by atoms with Crippen LogP contribution in [-0.4, -0.2) is 44.1 Å². The number of nitrogens with zero attached hydrogens (tertiary/aromatic N) is 9. The van der Waals surface area contributed by atoms with Gasteiger partial charge in [-0.2, -0.15) is 5.10 Å². The number of aryl methyl sites for hydroxylation is 1. The molecule has 0 saturated heterocycles. The van der Waals surface area contributed by atoms with Crippen LogP contribution >= 0.6 is 0 Å². The number of nitrogens with two attached hydrogens (primary N) is 1. The van der Waals surface area contributed by atoms with Crippen molar-refractivity contribution in [1.29, 1.82) is 0 Å². The monoisotopic (exact) mass is 514 g/mol. The van der Waals surface area contributed by atoms with Gasteiger partial charge in [-0.25, -0.2) is 19.6 Å². The van der Waals surface area contributed by atoms with Crippen molar-refractivity contribution in [3.63, 3.8) is 0 Å². The minimum Gasteiger partial charge on any atom is -0.383 e. The van der Waals surface area contributed by atoms with Crippen molar-refractivity contribution in [1.82, 2.24) is 44.1 Å². The van der Waals surface area contributed by atoms with Gasteiger partial charge in [0.1, 0.15) is 23.5 Å². The van der Waals surface area contributed by atoms with E-state index in [2.05, 4.69) is 47.6 Å². The molecular weight excluding hydrogens is 488 g/mol. The number of fused-ring (bicyclic) bond motifs is 2. The predicted octanol–water partition coefficient (Wildman–Crippen LogP) is 4.33. The van der Waals surface area contributed by atoms with Crippen LogP contribution in [0.1, 0.15) is 42.3 Å². The minimum absolute atomic E-state index is 0.260. The molecule has 0 aliphatic heterocycles. The van der Waals surface area contributed by atoms with E-state index in [0.717, 1.165) is 59.2 Å². The van der Waals surface area contributed by atoms with Crippen LogP contribution in [0.5, 0.6) is 0 Å². The Balaban J connectivity index is 1.27. The first-order valence-electron chi connectivity index (χ1n) is 13.3. The molecule has 0 bridgehead atoms. The molecule has 1 atom stereocenters. The quantitative estimate of drug-likeness (QED) is 0.351. The second-order valence-electron chi connectivity index (χ2n) is 10.4. The van der Waals surface area contributed by atoms with Gasteiger partial charge in [-0.1, -0.05) is 6.07 Å². The number of imidazole rings is 1. The maximum atomic E-state index is 6.33. The fourth-order valence-corrected chi connectivity index (χ4v) is 5.77. The number of benzene rings is 1. The molecule has 5 aromatic heterocycles. The zero-order chi connectivity index (χ0) is 25.9. The van der Waals surface area contributed by atoms with Crippen LogP contribution in [0.4, 0.5) is 5.82 Å². The number of pyridine rings is 2. The van der Waals surface area contributed by atoms with Gasteiger partial charge in [-0.05, 0) is 85.2 Å². The van der Waals surface area contributed by atoms with E-state index in [0.29, 0.717) is 11.6 Å². The SMILES string of the molecule is Nc1ncccc1-c1nc2ccc(-n3cccn3)nc2n1-c1ccc2c(c1)CC[C@@H]2n1cnnc1CC1CC1. The third-order valence-electron chi connectivity index (χ3n) is 7.89. The first-order chi connectivity index (χ1) is 19.2. The summed E-state index contributed by atoms with van der Waals surface area (Å²) < 4.78 is 6.12. The Labute approximate surface area is 224 Å². The number of anilines is 1. The summed E-state index contributed by atoms with van der Waals surface area (Å²) in [6, 6.07) is 16.5. The molecule has 8 rings (SSSR count). The summed E-state index contributed by atoms with van der Waals surface area (Å²) >= 11 is 0. The van der Waals surface area contributed by atoms with Gasteiger partial charge in [0.15, 0.2) is 17.3 Å². The molecule has 10 heteroatoms. The standard InChI is InChI=1S/C29H26N10/c30-27-22(3-1-12-31-27)28-34-23-9-11-25(38-14-2-13-33-38)35-29(23)39(28)20-7-8-21-19(16-20)6-10-24(21)37-17-32-36-26(37)15-18-4-5-18/h1-3,7-9,11-14,16-18,24H,4-6,10,15H2,(H2,30,31)/t24-/m0/s1. The van der Waals surface area contributed by atoms with Crippen LogP contribution in [0.15, 0.2) is 73.4 Å². The van der Waals surface area contributed by atoms with Gasteiger partial charge in [0.05, 0.1) is 11.6 Å². The lowest BCUT2D eigenvalue weighted by Crippen LogP contribution is -2.11. The number of nitrogen functional groups attached to an aromatic ring is 1. The average molecular weight is 515 g/mol. The van der Waals surface area contributed by atoms with Gasteiger partial charge >= 0.3 is 0 Å². The molecule has 0 unspecified atom stereocenters. The van der Waals surface area contributed by atoms with Gasteiger partial charge in [0, 0.05) is 30.7 Å². The number of hydrogen-bond donors (Lipinski definition) is 1. The Kier molecular flexibility index (Phi) is 4.88. The third-order valence-corrected chi connectivity index (χ3v) is 7.89. The smallest absolute Gasteiger partial charge is 0.167 e. The van der Waals surface area contributed by atoms with Gasteiger partial charge in [0.25, 0.3) is 0 Å². The van der Waals surface area contributed by atoms with Crippen LogP contribution in [0.3, 0.4) is 0 Å². The highest BCUT2D eigenvalue weighted by molar-refractivity contribution is 5.83. The zero-order valence-corrected chi connectivity index (χ0v) is 21.2. The molecule has 0 spiro atoms. The molecule has 1 saturated carbocycles. The van der Waals surface area contributed by atoms with E-state index in [9.17, 15) is 0 Å². The molecule has 39 heavy (non-hydrogen) atoms. The lowest BCUT2D eigenvalue weighted by molar-refractivity contribution is 0.543. The second-order valence-corrected chi connectivity index (χ2v) is 10.4. The number of aromatic nitrogens is 9. The van der Waals surface area contributed by atoms with Crippen molar-refractivity contribution in [2.24, 2.45) is 5.92 Å². The first-order valence-corrected chi connectivity index (χ1v) is 13.3. The second kappa shape index (κ2) is 8.59. The Hall–Kier alpha value is -4.86. The maximum Gasteiger partial charge on any atom is 0.167 e. The molecule has 6 aromatic rings. The molecule has 1 aromatic carbocycles. The Bertz CT molecular complexity index is 1830. The summed E-state index contributed by atoms with van der Waals surface area (Å²) in [7, 11) is 0. The zero-order valence-electron chi connectivity index (χ0n) is 21.2. The lowest BCUT2D eigenvalue weighted by atomic mass is 10.1. The molecular formula is C29H26N10. The Morgan fingerprint density at radius 2 is 1.92 bits per heavy atom. The summed E-state index contributed by atoms with van der Waals surface area (Å²) in [6.07, 6.45) is 12.9. The molecule has 2 aliphatic carbocycles. The summed E-state index contributed by atoms with van der Waals surface area (Å²) in [4.78, 5) is 14.3. The highest BCUT2D eigenvalue weighted by atomic mass is 15.3. The van der Waals surface area contributed by atoms with E-state index in [1.54, 1.807) is 17.1 Å². The summed E-state index contributed by atoms with van der Waals surface area (Å²) in [5.74, 6) is 3.73. The lowest BCUT2D eigenvalue weighted by Gasteiger charge is -2.17. The van der Waals surface area contributed by atoms with Gasteiger partial charge in [-0.15, -0.1) is 10.2 Å². The molecule has 0 radical (unpaired) electrons. The van der Waals surface area contributed by atoms with Crippen molar-refractivity contribution >= 4 is 17.0 Å². The van der Waals surface area contributed by atoms with Crippen molar-refractivity contribution in [3.8, 4) is 22.9 Å². The molecule has 192 valence electrons. The highest BCUT2D eigenvalue weighted by Gasteiger charge is 2.30. The van der Waals surface area contributed by atoms with Crippen molar-refractivity contribution in [2.75, 3.05) is 5.73 Å². The van der Waals surface area contributed by atoms with Crippen molar-refractivity contribution in [3.05, 3.63) is 90.4 Å². The minimum atomic E-state index is 0.260. The normalized spacial score (nSPS) is 16.7. The Morgan fingerprint density at radius 1 is 0.974 bits per heavy atom. The molecule has 5 heterocycles. The molecule has 0 amide bonds. The van der Waals surface area contributed by atoms with Crippen LogP contribution in [-0.2, 0) is 12.8 Å². The number of hydrogen-bond acceptors (Lipinski definition) is 7. The molecule has 10 nitrogen and oxygen atoms in total. The fourth-order valence-electron chi connectivity index (χ4n) is 5.77. The first kappa shape index (κ1) is 22.2. The highest BCUT2D eigenvalue weighted by Crippen LogP contribution is 2.39. The van der Waals surface area contributed by atoms with Crippen molar-refractivity contribution in [2.45, 2.75) is 38.1 Å². The summed E-state index contributed by atoms with van der Waals surface area (Å²) in [5, 5.41) is 13.1. The van der Waals surface area contributed by atoms with E-state index in [-0.39, 0.29) is 6.04 Å². The topological polar surface area (TPSA) is 118 Å². The number of rotatable bonds is 6. The maximum absolute atomic E-state index is 6.33. The summed E-state index contributed by atoms with van der Waals surface area (Å²) in [6.45, 7) is 0. The summed E-state index contributed by atoms with van der Waals surface area (Å²) in [5.41, 5.74) is 12.2.